The predicted molar refractivity (Wildman–Crippen MR) is 111 cm³/mol. The fraction of sp³-hybridized carbons (Fsp3) is 0.250. The van der Waals surface area contributed by atoms with Gasteiger partial charge in [-0.3, -0.25) is 0 Å². The second-order valence-electron chi connectivity index (χ2n) is 4.91. The summed E-state index contributed by atoms with van der Waals surface area (Å²) < 4.78 is 0. The Labute approximate surface area is 175 Å². The first kappa shape index (κ1) is 34.2. The monoisotopic (exact) mass is 430 g/mol. The van der Waals surface area contributed by atoms with Gasteiger partial charge in [-0.25, -0.2) is 14.4 Å². The fourth-order valence-corrected chi connectivity index (χ4v) is 0.685. The zero-order valence-electron chi connectivity index (χ0n) is 16.5. The van der Waals surface area contributed by atoms with Gasteiger partial charge in [0.05, 0.1) is 31.8 Å². The lowest BCUT2D eigenvalue weighted by Gasteiger charge is -2.23. The molecule has 1 rings (SSSR count). The molecular weight excluding hydrogens is 400 g/mol. The van der Waals surface area contributed by atoms with Crippen LogP contribution in [0.2, 0.25) is 0 Å². The average Bonchev–Trinajstić information content (AvgIpc) is 2.78. The second-order valence-corrected chi connectivity index (χ2v) is 4.91. The number of rotatable bonds is 7. The van der Waals surface area contributed by atoms with Crippen LogP contribution in [0, 0.1) is 5.41 Å². The van der Waals surface area contributed by atoms with E-state index in [-0.39, 0.29) is 0 Å². The highest BCUT2D eigenvalue weighted by Crippen LogP contribution is 2.11. The summed E-state index contributed by atoms with van der Waals surface area (Å²) in [7, 11) is 0. The first-order valence-electron chi connectivity index (χ1n) is 8.05. The van der Waals surface area contributed by atoms with Gasteiger partial charge in [-0.2, -0.15) is 0 Å². The zero-order valence-corrected chi connectivity index (χ0v) is 16.5. The van der Waals surface area contributed by atoms with E-state index in [1.54, 1.807) is 0 Å². The number of benzene rings is 1. The van der Waals surface area contributed by atoms with Crippen LogP contribution in [0.5, 0.6) is 0 Å². The summed E-state index contributed by atoms with van der Waals surface area (Å²) in [4.78, 5) is 27.8. The molecule has 0 unspecified atom stereocenters. The van der Waals surface area contributed by atoms with E-state index >= 15 is 0 Å². The maximum Gasteiger partial charge on any atom is 0.327 e. The number of aliphatic hydroxyl groups excluding tert-OH is 4. The third kappa shape index (κ3) is 32.4. The Hall–Kier alpha value is -3.31. The maximum atomic E-state index is 9.25. The maximum absolute atomic E-state index is 9.25. The highest BCUT2D eigenvalue weighted by Gasteiger charge is 2.26. The van der Waals surface area contributed by atoms with Crippen molar-refractivity contribution < 1.29 is 50.1 Å². The Balaban J connectivity index is -0.000000144. The Morgan fingerprint density at radius 3 is 0.733 bits per heavy atom. The van der Waals surface area contributed by atoms with E-state index in [1.807, 2.05) is 36.4 Å². The molecule has 0 aliphatic rings. The van der Waals surface area contributed by atoms with E-state index < -0.39 is 49.8 Å². The van der Waals surface area contributed by atoms with Gasteiger partial charge in [-0.15, -0.1) is 0 Å². The number of carboxylic acids is 3. The number of carboxylic acid groups (broad SMARTS) is 3. The van der Waals surface area contributed by atoms with Crippen molar-refractivity contribution in [3.8, 4) is 0 Å². The number of hydrogen-bond acceptors (Lipinski definition) is 7. The zero-order chi connectivity index (χ0) is 24.4. The van der Waals surface area contributed by atoms with E-state index in [2.05, 4.69) is 19.7 Å². The van der Waals surface area contributed by atoms with E-state index in [0.29, 0.717) is 0 Å². The number of aliphatic carboxylic acids is 3. The van der Waals surface area contributed by atoms with Crippen molar-refractivity contribution in [2.24, 2.45) is 5.41 Å². The van der Waals surface area contributed by atoms with Crippen molar-refractivity contribution >= 4 is 17.9 Å². The number of carbonyl (C=O) groups is 3. The standard InChI is InChI=1S/C6H6.C5H12O4.3C3H4O2/c1-2-4-6-5-3-1;6-1-5(2-7,3-8)4-9;3*1-2-3(4)5/h1-6H;6-9H,1-4H2;3*2H,1H2,(H,4,5). The summed E-state index contributed by atoms with van der Waals surface area (Å²) in [6.07, 6.45) is 2.50. The summed E-state index contributed by atoms with van der Waals surface area (Å²) in [5, 5.41) is 56.8. The van der Waals surface area contributed by atoms with Gasteiger partial charge >= 0.3 is 17.9 Å². The highest BCUT2D eigenvalue weighted by atomic mass is 16.4. The summed E-state index contributed by atoms with van der Waals surface area (Å²) in [5.74, 6) is -2.94. The van der Waals surface area contributed by atoms with E-state index in [9.17, 15) is 14.4 Å². The SMILES string of the molecule is C=CC(=O)O.C=CC(=O)O.C=CC(=O)O.OCC(CO)(CO)CO.c1ccccc1. The van der Waals surface area contributed by atoms with Crippen LogP contribution in [0.3, 0.4) is 0 Å². The Kier molecular flexibility index (Phi) is 29.3. The Morgan fingerprint density at radius 1 is 0.567 bits per heavy atom. The molecule has 30 heavy (non-hydrogen) atoms. The molecule has 0 aliphatic heterocycles. The van der Waals surface area contributed by atoms with Crippen molar-refractivity contribution in [2.75, 3.05) is 26.4 Å². The lowest BCUT2D eigenvalue weighted by molar-refractivity contribution is -0.132. The first-order valence-corrected chi connectivity index (χ1v) is 8.05. The van der Waals surface area contributed by atoms with Gasteiger partial charge in [0.25, 0.3) is 0 Å². The van der Waals surface area contributed by atoms with Crippen LogP contribution < -0.4 is 0 Å². The van der Waals surface area contributed by atoms with Gasteiger partial charge in [0.1, 0.15) is 0 Å². The Morgan fingerprint density at radius 2 is 0.700 bits per heavy atom. The van der Waals surface area contributed by atoms with Gasteiger partial charge in [-0.1, -0.05) is 56.1 Å². The molecule has 0 aromatic heterocycles. The molecule has 0 radical (unpaired) electrons. The fourth-order valence-electron chi connectivity index (χ4n) is 0.685. The largest absolute Gasteiger partial charge is 0.478 e. The van der Waals surface area contributed by atoms with Crippen molar-refractivity contribution in [2.45, 2.75) is 0 Å². The van der Waals surface area contributed by atoms with Crippen LogP contribution in [-0.4, -0.2) is 80.1 Å². The topological polar surface area (TPSA) is 193 Å². The van der Waals surface area contributed by atoms with Crippen LogP contribution in [0.15, 0.2) is 74.4 Å². The molecule has 0 spiro atoms. The van der Waals surface area contributed by atoms with Crippen LogP contribution in [0.4, 0.5) is 0 Å². The van der Waals surface area contributed by atoms with E-state index in [0.717, 1.165) is 18.2 Å². The molecule has 0 bridgehead atoms. The minimum absolute atomic E-state index is 0.406. The van der Waals surface area contributed by atoms with Crippen LogP contribution >= 0.6 is 0 Å². The summed E-state index contributed by atoms with van der Waals surface area (Å²) in [6.45, 7) is 7.26. The normalized spacial score (nSPS) is 8.40. The summed E-state index contributed by atoms with van der Waals surface area (Å²) >= 11 is 0. The molecule has 1 aromatic rings. The molecule has 0 saturated heterocycles. The lowest BCUT2D eigenvalue weighted by Crippen LogP contribution is -2.37. The van der Waals surface area contributed by atoms with Gasteiger partial charge in [-0.05, 0) is 0 Å². The molecule has 10 nitrogen and oxygen atoms in total. The Bertz CT molecular complexity index is 493. The van der Waals surface area contributed by atoms with Crippen LogP contribution in [0.25, 0.3) is 0 Å². The predicted octanol–water partition coefficient (Wildman–Crippen LogP) is 0.400. The van der Waals surface area contributed by atoms with Crippen molar-refractivity contribution in [3.63, 3.8) is 0 Å². The number of aliphatic hydroxyl groups is 4. The molecule has 10 heteroatoms. The van der Waals surface area contributed by atoms with Gasteiger partial charge in [0.15, 0.2) is 0 Å². The molecule has 7 N–H and O–H groups in total. The minimum Gasteiger partial charge on any atom is -0.478 e. The average molecular weight is 430 g/mol. The quantitative estimate of drug-likeness (QED) is 0.298. The van der Waals surface area contributed by atoms with Gasteiger partial charge in [0, 0.05) is 18.2 Å². The summed E-state index contributed by atoms with van der Waals surface area (Å²) in [6, 6.07) is 12.0. The van der Waals surface area contributed by atoms with Gasteiger partial charge < -0.3 is 35.7 Å². The molecule has 0 atom stereocenters. The molecule has 170 valence electrons. The molecule has 1 aromatic carbocycles. The van der Waals surface area contributed by atoms with Crippen LogP contribution in [0.1, 0.15) is 0 Å². The second kappa shape index (κ2) is 25.7. The lowest BCUT2D eigenvalue weighted by atomic mass is 9.93. The molecule has 0 fully saturated rings. The van der Waals surface area contributed by atoms with Crippen molar-refractivity contribution in [1.82, 2.24) is 0 Å². The molecule has 0 saturated carbocycles. The first-order chi connectivity index (χ1) is 14.1. The summed E-state index contributed by atoms with van der Waals surface area (Å²) in [5.41, 5.74) is -1.11. The third-order valence-corrected chi connectivity index (χ3v) is 2.53. The smallest absolute Gasteiger partial charge is 0.327 e. The molecule has 0 heterocycles. The van der Waals surface area contributed by atoms with Crippen LogP contribution in [-0.2, 0) is 14.4 Å². The van der Waals surface area contributed by atoms with Gasteiger partial charge in [0.2, 0.25) is 0 Å². The highest BCUT2D eigenvalue weighted by molar-refractivity contribution is 5.79. The van der Waals surface area contributed by atoms with Crippen molar-refractivity contribution in [3.05, 3.63) is 74.4 Å². The van der Waals surface area contributed by atoms with Crippen molar-refractivity contribution in [1.29, 1.82) is 0 Å². The molecule has 0 aliphatic carbocycles. The number of hydrogen-bond donors (Lipinski definition) is 7. The van der Waals surface area contributed by atoms with E-state index in [4.69, 9.17) is 35.7 Å². The molecule has 0 amide bonds. The van der Waals surface area contributed by atoms with E-state index in [1.165, 1.54) is 0 Å². The molecular formula is C20H30O10. The third-order valence-electron chi connectivity index (χ3n) is 2.53. The minimum atomic E-state index is -1.11.